The van der Waals surface area contributed by atoms with Gasteiger partial charge in [0, 0.05) is 23.3 Å². The first-order valence-corrected chi connectivity index (χ1v) is 12.3. The predicted octanol–water partition coefficient (Wildman–Crippen LogP) is 3.28. The number of fused-ring (bicyclic) bond motifs is 1. The summed E-state index contributed by atoms with van der Waals surface area (Å²) in [7, 11) is -3.56. The van der Waals surface area contributed by atoms with Crippen molar-refractivity contribution in [3.05, 3.63) is 58.4 Å². The number of amidine groups is 2. The van der Waals surface area contributed by atoms with Gasteiger partial charge in [-0.1, -0.05) is 25.1 Å². The van der Waals surface area contributed by atoms with Crippen LogP contribution in [0.5, 0.6) is 0 Å². The zero-order chi connectivity index (χ0) is 22.5. The zero-order valence-corrected chi connectivity index (χ0v) is 19.1. The number of carbonyl (C=O) groups excluding carboxylic acids is 1. The van der Waals surface area contributed by atoms with Crippen LogP contribution in [0.1, 0.15) is 29.4 Å². The van der Waals surface area contributed by atoms with E-state index in [1.54, 1.807) is 6.08 Å². The number of carbonyl (C=O) groups is 1. The lowest BCUT2D eigenvalue weighted by molar-refractivity contribution is -0.114. The molecule has 4 rings (SSSR count). The third kappa shape index (κ3) is 3.66. The van der Waals surface area contributed by atoms with Crippen molar-refractivity contribution in [1.29, 1.82) is 5.41 Å². The third-order valence-electron chi connectivity index (χ3n) is 5.14. The Balaban J connectivity index is 1.78. The number of aromatic nitrogens is 1. The molecule has 8 nitrogen and oxygen atoms in total. The standard InChI is InChI=1S/C21H21N5O3S2/c1-5-14-8-6-7-9-17(14)25-12(2)10-15(13(25)3)11-16-18(22)26-20(23-19(16)27)30-21(24-26)31(4,28)29/h6-11,22H,5H2,1-4H3/b16-11+,22-18?. The molecule has 31 heavy (non-hydrogen) atoms. The van der Waals surface area contributed by atoms with E-state index < -0.39 is 15.7 Å². The number of thioether (sulfide) groups is 1. The van der Waals surface area contributed by atoms with E-state index in [0.717, 1.165) is 52.1 Å². The first-order chi connectivity index (χ1) is 14.6. The van der Waals surface area contributed by atoms with Crippen LogP contribution in [0, 0.1) is 19.3 Å². The highest BCUT2D eigenvalue weighted by Gasteiger charge is 2.38. The van der Waals surface area contributed by atoms with Crippen LogP contribution in [0.25, 0.3) is 11.8 Å². The highest BCUT2D eigenvalue weighted by atomic mass is 32.3. The molecule has 0 aliphatic carbocycles. The average molecular weight is 456 g/mol. The molecular weight excluding hydrogens is 434 g/mol. The Hall–Kier alpha value is -2.98. The fourth-order valence-electron chi connectivity index (χ4n) is 3.61. The Labute approximate surface area is 184 Å². The number of nitrogens with one attached hydrogen (secondary N) is 1. The Morgan fingerprint density at radius 3 is 2.61 bits per heavy atom. The Morgan fingerprint density at radius 1 is 1.23 bits per heavy atom. The quantitative estimate of drug-likeness (QED) is 0.715. The fraction of sp³-hybridized carbons (Fsp3) is 0.238. The van der Waals surface area contributed by atoms with E-state index in [9.17, 15) is 13.2 Å². The van der Waals surface area contributed by atoms with Crippen molar-refractivity contribution in [3.8, 4) is 5.69 Å². The van der Waals surface area contributed by atoms with E-state index >= 15 is 0 Å². The monoisotopic (exact) mass is 455 g/mol. The van der Waals surface area contributed by atoms with Gasteiger partial charge in [0.2, 0.25) is 19.4 Å². The van der Waals surface area contributed by atoms with Crippen LogP contribution in [0.2, 0.25) is 0 Å². The second kappa shape index (κ2) is 7.61. The molecule has 1 aromatic heterocycles. The Kier molecular flexibility index (Phi) is 5.22. The topological polar surface area (TPSA) is 108 Å². The lowest BCUT2D eigenvalue weighted by Gasteiger charge is -2.20. The lowest BCUT2D eigenvalue weighted by Crippen LogP contribution is -2.35. The molecule has 2 aliphatic rings. The second-order valence-corrected chi connectivity index (χ2v) is 10.4. The van der Waals surface area contributed by atoms with Crippen molar-refractivity contribution in [2.45, 2.75) is 27.2 Å². The van der Waals surface area contributed by atoms with Crippen LogP contribution < -0.4 is 0 Å². The number of aliphatic imine (C=N–C) groups is 1. The molecule has 1 amide bonds. The number of para-hydroxylation sites is 1. The van der Waals surface area contributed by atoms with Crippen molar-refractivity contribution in [1.82, 2.24) is 9.58 Å². The van der Waals surface area contributed by atoms with E-state index in [1.165, 1.54) is 5.56 Å². The molecule has 1 N–H and O–H groups in total. The lowest BCUT2D eigenvalue weighted by atomic mass is 10.1. The maximum absolute atomic E-state index is 12.6. The minimum atomic E-state index is -3.56. The molecule has 1 aromatic carbocycles. The molecule has 0 spiro atoms. The molecule has 3 heterocycles. The molecule has 0 saturated carbocycles. The highest BCUT2D eigenvalue weighted by Crippen LogP contribution is 2.31. The van der Waals surface area contributed by atoms with Crippen LogP contribution in [0.3, 0.4) is 0 Å². The first kappa shape index (κ1) is 21.3. The molecular formula is C21H21N5O3S2. The van der Waals surface area contributed by atoms with Crippen LogP contribution in [0.4, 0.5) is 0 Å². The van der Waals surface area contributed by atoms with E-state index in [-0.39, 0.29) is 21.0 Å². The summed E-state index contributed by atoms with van der Waals surface area (Å²) in [5.41, 5.74) is 5.06. The van der Waals surface area contributed by atoms with Gasteiger partial charge in [-0.25, -0.2) is 8.42 Å². The van der Waals surface area contributed by atoms with Crippen LogP contribution in [-0.4, -0.2) is 45.5 Å². The number of rotatable bonds is 3. The van der Waals surface area contributed by atoms with Gasteiger partial charge in [0.1, 0.15) is 0 Å². The minimum Gasteiger partial charge on any atom is -0.318 e. The van der Waals surface area contributed by atoms with E-state index in [4.69, 9.17) is 5.41 Å². The Bertz CT molecular complexity index is 1330. The van der Waals surface area contributed by atoms with E-state index in [0.29, 0.717) is 0 Å². The molecule has 0 bridgehead atoms. The van der Waals surface area contributed by atoms with Crippen molar-refractivity contribution >= 4 is 49.0 Å². The molecule has 160 valence electrons. The molecule has 2 aromatic rings. The zero-order valence-electron chi connectivity index (χ0n) is 17.5. The predicted molar refractivity (Wildman–Crippen MR) is 124 cm³/mol. The molecule has 10 heteroatoms. The number of nitrogens with zero attached hydrogens (tertiary/aromatic N) is 4. The Morgan fingerprint density at radius 2 is 1.94 bits per heavy atom. The highest BCUT2D eigenvalue weighted by molar-refractivity contribution is 8.42. The van der Waals surface area contributed by atoms with Crippen molar-refractivity contribution in [3.63, 3.8) is 0 Å². The van der Waals surface area contributed by atoms with Crippen molar-refractivity contribution < 1.29 is 13.2 Å². The van der Waals surface area contributed by atoms with Gasteiger partial charge < -0.3 is 4.57 Å². The number of hydrogen-bond donors (Lipinski definition) is 1. The number of aryl methyl sites for hydroxylation is 2. The molecule has 0 fully saturated rings. The summed E-state index contributed by atoms with van der Waals surface area (Å²) >= 11 is 0.773. The molecule has 0 radical (unpaired) electrons. The molecule has 0 saturated heterocycles. The van der Waals surface area contributed by atoms with Crippen molar-refractivity contribution in [2.24, 2.45) is 10.1 Å². The van der Waals surface area contributed by atoms with Crippen molar-refractivity contribution in [2.75, 3.05) is 6.26 Å². The maximum atomic E-state index is 12.6. The minimum absolute atomic E-state index is 0.0619. The number of hydrazone groups is 1. The average Bonchev–Trinajstić information content (AvgIpc) is 3.26. The molecule has 0 unspecified atom stereocenters. The van der Waals surface area contributed by atoms with Gasteiger partial charge in [-0.3, -0.25) is 10.2 Å². The summed E-state index contributed by atoms with van der Waals surface area (Å²) in [6.45, 7) is 6.06. The van der Waals surface area contributed by atoms with Gasteiger partial charge in [-0.2, -0.15) is 10.0 Å². The first-order valence-electron chi connectivity index (χ1n) is 9.59. The molecule has 0 atom stereocenters. The number of benzene rings is 1. The number of hydrogen-bond acceptors (Lipinski definition) is 6. The third-order valence-corrected chi connectivity index (χ3v) is 7.71. The summed E-state index contributed by atoms with van der Waals surface area (Å²) in [6, 6.07) is 10.1. The van der Waals surface area contributed by atoms with E-state index in [1.807, 2.05) is 32.0 Å². The van der Waals surface area contributed by atoms with Gasteiger partial charge in [-0.05, 0) is 61.4 Å². The van der Waals surface area contributed by atoms with E-state index in [2.05, 4.69) is 33.7 Å². The van der Waals surface area contributed by atoms with Gasteiger partial charge >= 0.3 is 0 Å². The number of amides is 1. The van der Waals surface area contributed by atoms with Crippen LogP contribution in [0.15, 0.2) is 46.0 Å². The summed E-state index contributed by atoms with van der Waals surface area (Å²) < 4.78 is 25.6. The normalized spacial score (nSPS) is 17.8. The molecule has 2 aliphatic heterocycles. The van der Waals surface area contributed by atoms with Crippen LogP contribution in [-0.2, 0) is 21.1 Å². The maximum Gasteiger partial charge on any atom is 0.283 e. The van der Waals surface area contributed by atoms with Gasteiger partial charge in [0.25, 0.3) is 5.91 Å². The van der Waals surface area contributed by atoms with Gasteiger partial charge in [0.15, 0.2) is 5.84 Å². The summed E-state index contributed by atoms with van der Waals surface area (Å²) in [6.07, 6.45) is 3.54. The summed E-state index contributed by atoms with van der Waals surface area (Å²) in [5, 5.41) is 13.6. The summed E-state index contributed by atoms with van der Waals surface area (Å²) in [4.78, 5) is 16.6. The fourth-order valence-corrected chi connectivity index (χ4v) is 5.30. The van der Waals surface area contributed by atoms with Gasteiger partial charge in [0.05, 0.1) is 5.57 Å². The smallest absolute Gasteiger partial charge is 0.283 e. The summed E-state index contributed by atoms with van der Waals surface area (Å²) in [5.74, 6) is -0.785. The SMILES string of the molecule is CCc1ccccc1-n1c(C)cc(/C=C2\C(=N)N3N=C(S(C)(=O)=O)SC3=NC2=O)c1C. The largest absolute Gasteiger partial charge is 0.318 e. The van der Waals surface area contributed by atoms with Gasteiger partial charge in [-0.15, -0.1) is 5.10 Å². The number of sulfone groups is 1. The second-order valence-electron chi connectivity index (χ2n) is 7.30. The van der Waals surface area contributed by atoms with Crippen LogP contribution >= 0.6 is 11.8 Å².